The Bertz CT molecular complexity index is 430. The molecule has 3 heteroatoms. The smallest absolute Gasteiger partial charge is 0.0240 e. The van der Waals surface area contributed by atoms with Crippen LogP contribution in [0.2, 0.25) is 0 Å². The van der Waals surface area contributed by atoms with Crippen LogP contribution in [0.1, 0.15) is 31.9 Å². The Labute approximate surface area is 130 Å². The molecule has 1 aliphatic heterocycles. The Balaban J connectivity index is 1.96. The number of nitrogens with one attached hydrogen (secondary N) is 1. The van der Waals surface area contributed by atoms with Crippen molar-refractivity contribution in [2.75, 3.05) is 33.2 Å². The molecule has 1 aromatic carbocycles. The Kier molecular flexibility index (Phi) is 6.22. The summed E-state index contributed by atoms with van der Waals surface area (Å²) in [5.74, 6) is 0.704. The highest BCUT2D eigenvalue weighted by molar-refractivity contribution is 5.27. The quantitative estimate of drug-likeness (QED) is 0.868. The van der Waals surface area contributed by atoms with Crippen LogP contribution in [0.25, 0.3) is 0 Å². The summed E-state index contributed by atoms with van der Waals surface area (Å²) in [6.07, 6.45) is 0. The maximum Gasteiger partial charge on any atom is 0.0240 e. The molecule has 1 aliphatic rings. The standard InChI is InChI=1S/C18H31N3/c1-15(2)11-19-12-17-7-5-6-8-18(17)14-21-10-9-20(4)13-16(21)3/h5-8,15-16,19H,9-14H2,1-4H3. The molecule has 2 rings (SSSR count). The van der Waals surface area contributed by atoms with E-state index in [-0.39, 0.29) is 0 Å². The van der Waals surface area contributed by atoms with Crippen LogP contribution in [-0.4, -0.2) is 49.1 Å². The maximum atomic E-state index is 3.57. The third-order valence-corrected chi connectivity index (χ3v) is 4.33. The molecule has 3 nitrogen and oxygen atoms in total. The number of likely N-dealkylation sites (N-methyl/N-ethyl adjacent to an activating group) is 1. The van der Waals surface area contributed by atoms with E-state index in [2.05, 4.69) is 67.2 Å². The summed E-state index contributed by atoms with van der Waals surface area (Å²) < 4.78 is 0. The first-order valence-electron chi connectivity index (χ1n) is 8.26. The first-order valence-corrected chi connectivity index (χ1v) is 8.26. The summed E-state index contributed by atoms with van der Waals surface area (Å²) in [7, 11) is 2.22. The molecule has 1 N–H and O–H groups in total. The van der Waals surface area contributed by atoms with E-state index in [1.165, 1.54) is 30.8 Å². The van der Waals surface area contributed by atoms with Crippen molar-refractivity contribution in [3.8, 4) is 0 Å². The Morgan fingerprint density at radius 1 is 1.19 bits per heavy atom. The molecule has 118 valence electrons. The zero-order valence-electron chi connectivity index (χ0n) is 14.1. The van der Waals surface area contributed by atoms with Gasteiger partial charge in [0.25, 0.3) is 0 Å². The minimum absolute atomic E-state index is 0.639. The lowest BCUT2D eigenvalue weighted by molar-refractivity contribution is 0.0936. The molecule has 0 radical (unpaired) electrons. The van der Waals surface area contributed by atoms with Crippen molar-refractivity contribution >= 4 is 0 Å². The van der Waals surface area contributed by atoms with Gasteiger partial charge in [0.15, 0.2) is 0 Å². The van der Waals surface area contributed by atoms with Crippen LogP contribution in [0.15, 0.2) is 24.3 Å². The van der Waals surface area contributed by atoms with Crippen LogP contribution in [0.5, 0.6) is 0 Å². The van der Waals surface area contributed by atoms with E-state index in [9.17, 15) is 0 Å². The van der Waals surface area contributed by atoms with E-state index in [4.69, 9.17) is 0 Å². The summed E-state index contributed by atoms with van der Waals surface area (Å²) >= 11 is 0. The molecule has 1 aromatic rings. The van der Waals surface area contributed by atoms with Crippen molar-refractivity contribution in [3.05, 3.63) is 35.4 Å². The molecule has 21 heavy (non-hydrogen) atoms. The molecule has 0 amide bonds. The number of piperazine rings is 1. The fourth-order valence-corrected chi connectivity index (χ4v) is 3.01. The third-order valence-electron chi connectivity index (χ3n) is 4.33. The van der Waals surface area contributed by atoms with Crippen molar-refractivity contribution < 1.29 is 0 Å². The fraction of sp³-hybridized carbons (Fsp3) is 0.667. The summed E-state index contributed by atoms with van der Waals surface area (Å²) in [4.78, 5) is 5.04. The molecule has 0 aromatic heterocycles. The summed E-state index contributed by atoms with van der Waals surface area (Å²) in [6, 6.07) is 9.52. The molecule has 0 bridgehead atoms. The molecule has 1 unspecified atom stereocenters. The average Bonchev–Trinajstić information content (AvgIpc) is 2.43. The van der Waals surface area contributed by atoms with Crippen LogP contribution in [-0.2, 0) is 13.1 Å². The van der Waals surface area contributed by atoms with Gasteiger partial charge in [0.2, 0.25) is 0 Å². The number of nitrogens with zero attached hydrogens (tertiary/aromatic N) is 2. The largest absolute Gasteiger partial charge is 0.312 e. The van der Waals surface area contributed by atoms with Crippen LogP contribution in [0, 0.1) is 5.92 Å². The lowest BCUT2D eigenvalue weighted by Gasteiger charge is -2.38. The van der Waals surface area contributed by atoms with Crippen molar-refractivity contribution in [3.63, 3.8) is 0 Å². The number of hydrogen-bond acceptors (Lipinski definition) is 3. The highest BCUT2D eigenvalue weighted by Gasteiger charge is 2.21. The molecule has 0 saturated carbocycles. The van der Waals surface area contributed by atoms with Gasteiger partial charge in [-0.1, -0.05) is 38.1 Å². The van der Waals surface area contributed by atoms with Crippen LogP contribution < -0.4 is 5.32 Å². The topological polar surface area (TPSA) is 18.5 Å². The van der Waals surface area contributed by atoms with Gasteiger partial charge in [0.05, 0.1) is 0 Å². The van der Waals surface area contributed by atoms with Crippen molar-refractivity contribution in [1.29, 1.82) is 0 Å². The van der Waals surface area contributed by atoms with E-state index >= 15 is 0 Å². The van der Waals surface area contributed by atoms with Gasteiger partial charge < -0.3 is 10.2 Å². The van der Waals surface area contributed by atoms with Gasteiger partial charge in [-0.15, -0.1) is 0 Å². The first kappa shape index (κ1) is 16.5. The molecule has 1 fully saturated rings. The second-order valence-electron chi connectivity index (χ2n) is 6.88. The van der Waals surface area contributed by atoms with Crippen molar-refractivity contribution in [1.82, 2.24) is 15.1 Å². The zero-order chi connectivity index (χ0) is 15.2. The molecule has 1 atom stereocenters. The van der Waals surface area contributed by atoms with Gasteiger partial charge in [-0.2, -0.15) is 0 Å². The van der Waals surface area contributed by atoms with E-state index < -0.39 is 0 Å². The Hall–Kier alpha value is -0.900. The second-order valence-corrected chi connectivity index (χ2v) is 6.88. The average molecular weight is 289 g/mol. The summed E-state index contributed by atoms with van der Waals surface area (Å²) in [5, 5.41) is 3.57. The second kappa shape index (κ2) is 7.92. The molecule has 1 saturated heterocycles. The zero-order valence-corrected chi connectivity index (χ0v) is 14.1. The van der Waals surface area contributed by atoms with Crippen LogP contribution in [0.4, 0.5) is 0 Å². The normalized spacial score (nSPS) is 21.1. The van der Waals surface area contributed by atoms with Crippen molar-refractivity contribution in [2.45, 2.75) is 39.9 Å². The third kappa shape index (κ3) is 5.10. The van der Waals surface area contributed by atoms with Gasteiger partial charge in [-0.3, -0.25) is 4.90 Å². The molecule has 1 heterocycles. The van der Waals surface area contributed by atoms with Gasteiger partial charge in [-0.25, -0.2) is 0 Å². The van der Waals surface area contributed by atoms with Gasteiger partial charge >= 0.3 is 0 Å². The first-order chi connectivity index (χ1) is 10.1. The van der Waals surface area contributed by atoms with Crippen molar-refractivity contribution in [2.24, 2.45) is 5.92 Å². The van der Waals surface area contributed by atoms with E-state index in [1.54, 1.807) is 0 Å². The molecule has 0 spiro atoms. The summed E-state index contributed by atoms with van der Waals surface area (Å²) in [5.41, 5.74) is 2.93. The molecule has 0 aliphatic carbocycles. The highest BCUT2D eigenvalue weighted by atomic mass is 15.3. The number of rotatable bonds is 6. The minimum Gasteiger partial charge on any atom is -0.312 e. The Morgan fingerprint density at radius 2 is 1.90 bits per heavy atom. The minimum atomic E-state index is 0.639. The van der Waals surface area contributed by atoms with Crippen LogP contribution in [0.3, 0.4) is 0 Å². The summed E-state index contributed by atoms with van der Waals surface area (Å²) in [6.45, 7) is 13.5. The van der Waals surface area contributed by atoms with Crippen LogP contribution >= 0.6 is 0 Å². The highest BCUT2D eigenvalue weighted by Crippen LogP contribution is 2.16. The van der Waals surface area contributed by atoms with E-state index in [1.807, 2.05) is 0 Å². The Morgan fingerprint density at radius 3 is 2.57 bits per heavy atom. The van der Waals surface area contributed by atoms with Gasteiger partial charge in [0.1, 0.15) is 0 Å². The van der Waals surface area contributed by atoms with Gasteiger partial charge in [-0.05, 0) is 37.6 Å². The SMILES string of the molecule is CC(C)CNCc1ccccc1CN1CCN(C)CC1C. The number of benzene rings is 1. The fourth-order valence-electron chi connectivity index (χ4n) is 3.01. The maximum absolute atomic E-state index is 3.57. The lowest BCUT2D eigenvalue weighted by atomic mass is 10.0. The molecular weight excluding hydrogens is 258 g/mol. The predicted molar refractivity (Wildman–Crippen MR) is 90.4 cm³/mol. The lowest BCUT2D eigenvalue weighted by Crippen LogP contribution is -2.49. The number of hydrogen-bond donors (Lipinski definition) is 1. The predicted octanol–water partition coefficient (Wildman–Crippen LogP) is 2.57. The van der Waals surface area contributed by atoms with Gasteiger partial charge in [0, 0.05) is 38.8 Å². The molecular formula is C18H31N3. The van der Waals surface area contributed by atoms with E-state index in [0.29, 0.717) is 12.0 Å². The monoisotopic (exact) mass is 289 g/mol. The van der Waals surface area contributed by atoms with E-state index in [0.717, 1.165) is 19.6 Å².